The number of anilines is 1. The number of ether oxygens (including phenoxy) is 2. The van der Waals surface area contributed by atoms with Crippen molar-refractivity contribution in [2.75, 3.05) is 31.6 Å². The third kappa shape index (κ3) is 11.7. The number of benzene rings is 3. The number of nitrogens with zero attached hydrogens (tertiary/aromatic N) is 2. The topological polar surface area (TPSA) is 125 Å². The van der Waals surface area contributed by atoms with Crippen molar-refractivity contribution in [2.45, 2.75) is 78.3 Å². The summed E-state index contributed by atoms with van der Waals surface area (Å²) in [6, 6.07) is 20.4. The lowest BCUT2D eigenvalue weighted by atomic mass is 9.95. The second-order valence-electron chi connectivity index (χ2n) is 12.8. The molecule has 1 fully saturated rings. The molecule has 0 bridgehead atoms. The Bertz CT molecular complexity index is 1510. The Morgan fingerprint density at radius 3 is 2.06 bits per heavy atom. The molecular weight excluding hydrogens is 622 g/mol. The number of aliphatic carboxylic acids is 1. The summed E-state index contributed by atoms with van der Waals surface area (Å²) in [6.45, 7) is 8.45. The van der Waals surface area contributed by atoms with Crippen molar-refractivity contribution in [1.82, 2.24) is 9.80 Å². The number of nitrogens with one attached hydrogen (secondary N) is 1. The van der Waals surface area contributed by atoms with Gasteiger partial charge >= 0.3 is 11.9 Å². The zero-order valence-electron chi connectivity index (χ0n) is 28.9. The Labute approximate surface area is 289 Å². The van der Waals surface area contributed by atoms with Crippen molar-refractivity contribution in [2.24, 2.45) is 5.92 Å². The largest absolute Gasteiger partial charge is 0.494 e. The lowest BCUT2D eigenvalue weighted by Gasteiger charge is -2.33. The third-order valence-corrected chi connectivity index (χ3v) is 8.76. The molecular formula is C39H49N3O7. The molecule has 0 unspecified atom stereocenters. The molecule has 262 valence electrons. The predicted molar refractivity (Wildman–Crippen MR) is 189 cm³/mol. The summed E-state index contributed by atoms with van der Waals surface area (Å²) >= 11 is 0. The van der Waals surface area contributed by atoms with Crippen LogP contribution in [0.3, 0.4) is 0 Å². The molecule has 3 aromatic rings. The highest BCUT2D eigenvalue weighted by Gasteiger charge is 2.26. The van der Waals surface area contributed by atoms with Gasteiger partial charge in [0, 0.05) is 29.8 Å². The maximum absolute atomic E-state index is 13.3. The molecule has 4 rings (SSSR count). The maximum atomic E-state index is 13.3. The minimum absolute atomic E-state index is 0.0320. The predicted octanol–water partition coefficient (Wildman–Crippen LogP) is 7.04. The molecule has 0 atom stereocenters. The van der Waals surface area contributed by atoms with E-state index in [2.05, 4.69) is 31.0 Å². The average molecular weight is 672 g/mol. The lowest BCUT2D eigenvalue weighted by molar-refractivity contribution is -0.137. The zero-order valence-corrected chi connectivity index (χ0v) is 28.9. The summed E-state index contributed by atoms with van der Waals surface area (Å²) in [7, 11) is 0. The van der Waals surface area contributed by atoms with Gasteiger partial charge in [0.1, 0.15) is 18.0 Å². The minimum Gasteiger partial charge on any atom is -0.494 e. The van der Waals surface area contributed by atoms with Gasteiger partial charge in [0.15, 0.2) is 0 Å². The van der Waals surface area contributed by atoms with Gasteiger partial charge < -0.3 is 29.7 Å². The fourth-order valence-electron chi connectivity index (χ4n) is 5.80. The summed E-state index contributed by atoms with van der Waals surface area (Å²) in [6.07, 6.45) is 7.38. The summed E-state index contributed by atoms with van der Waals surface area (Å²) < 4.78 is 11.3. The van der Waals surface area contributed by atoms with E-state index < -0.39 is 24.4 Å². The number of unbranched alkanes of at least 4 members (excludes halogenated alkanes) is 4. The molecule has 3 aromatic carbocycles. The second-order valence-corrected chi connectivity index (χ2v) is 12.8. The van der Waals surface area contributed by atoms with Gasteiger partial charge in [-0.25, -0.2) is 4.79 Å². The number of carboxylic acids is 1. The molecule has 1 heterocycles. The number of esters is 1. The third-order valence-electron chi connectivity index (χ3n) is 8.76. The van der Waals surface area contributed by atoms with Gasteiger partial charge in [0.2, 0.25) is 5.91 Å². The van der Waals surface area contributed by atoms with Crippen LogP contribution in [0.1, 0.15) is 92.0 Å². The monoisotopic (exact) mass is 671 g/mol. The number of carboxylic acid groups (broad SMARTS) is 1. The van der Waals surface area contributed by atoms with Crippen molar-refractivity contribution < 1.29 is 33.8 Å². The highest BCUT2D eigenvalue weighted by molar-refractivity contribution is 5.97. The van der Waals surface area contributed by atoms with E-state index in [0.717, 1.165) is 38.8 Å². The number of carbonyl (C=O) groups excluding carboxylic acids is 3. The fourth-order valence-corrected chi connectivity index (χ4v) is 5.80. The molecule has 1 aliphatic heterocycles. The molecule has 1 saturated heterocycles. The van der Waals surface area contributed by atoms with Crippen molar-refractivity contribution in [3.63, 3.8) is 0 Å². The van der Waals surface area contributed by atoms with Crippen LogP contribution in [-0.4, -0.2) is 70.9 Å². The number of hydrogen-bond donors (Lipinski definition) is 2. The summed E-state index contributed by atoms with van der Waals surface area (Å²) in [5.41, 5.74) is 1.94. The maximum Gasteiger partial charge on any atom is 0.343 e. The minimum atomic E-state index is -1.14. The highest BCUT2D eigenvalue weighted by atomic mass is 16.5. The van der Waals surface area contributed by atoms with Crippen molar-refractivity contribution in [3.8, 4) is 11.5 Å². The number of amides is 2. The van der Waals surface area contributed by atoms with Gasteiger partial charge in [-0.3, -0.25) is 14.4 Å². The summed E-state index contributed by atoms with van der Waals surface area (Å²) in [5, 5.41) is 12.5. The van der Waals surface area contributed by atoms with Crippen LogP contribution in [0.25, 0.3) is 0 Å². The SMILES string of the molecule is CCCCCCCOc1ccc(C(=O)Oc2ccc(CN(CC(=O)O)C(=O)c3ccc(NC(=O)C4CCN(C(C)C)CC4)cc3)cc2)cc1. The smallest absolute Gasteiger partial charge is 0.343 e. The molecule has 2 amide bonds. The highest BCUT2D eigenvalue weighted by Crippen LogP contribution is 2.22. The quantitative estimate of drug-likeness (QED) is 0.0890. The first-order valence-corrected chi connectivity index (χ1v) is 17.3. The Kier molecular flexibility index (Phi) is 14.2. The van der Waals surface area contributed by atoms with E-state index in [1.807, 2.05) is 0 Å². The number of likely N-dealkylation sites (tertiary alicyclic amines) is 1. The number of piperidine rings is 1. The molecule has 0 aliphatic carbocycles. The standard InChI is InChI=1S/C39H49N3O7/c1-4-5-6-7-8-25-48-34-19-13-32(14-20-34)39(47)49-35-17-9-29(10-18-35)26-42(27-36(43)44)38(46)31-11-15-33(16-12-31)40-37(45)30-21-23-41(24-22-30)28(2)3/h9-20,28,30H,4-8,21-27H2,1-3H3,(H,40,45)(H,43,44). The van der Waals surface area contributed by atoms with Gasteiger partial charge in [-0.1, -0.05) is 44.7 Å². The van der Waals surface area contributed by atoms with Crippen LogP contribution < -0.4 is 14.8 Å². The molecule has 0 aromatic heterocycles. The second kappa shape index (κ2) is 18.7. The van der Waals surface area contributed by atoms with Crippen LogP contribution in [0.2, 0.25) is 0 Å². The van der Waals surface area contributed by atoms with E-state index in [1.165, 1.54) is 24.2 Å². The molecule has 1 aliphatic rings. The van der Waals surface area contributed by atoms with Gasteiger partial charge in [-0.05, 0) is 112 Å². The number of rotatable bonds is 17. The van der Waals surface area contributed by atoms with Crippen LogP contribution in [0.5, 0.6) is 11.5 Å². The normalized spacial score (nSPS) is 13.6. The zero-order chi connectivity index (χ0) is 35.2. The van der Waals surface area contributed by atoms with Crippen LogP contribution >= 0.6 is 0 Å². The molecule has 0 radical (unpaired) electrons. The average Bonchev–Trinajstić information content (AvgIpc) is 3.10. The van der Waals surface area contributed by atoms with Crippen LogP contribution in [0.4, 0.5) is 5.69 Å². The molecule has 10 nitrogen and oxygen atoms in total. The Balaban J connectivity index is 1.28. The molecule has 49 heavy (non-hydrogen) atoms. The van der Waals surface area contributed by atoms with Crippen molar-refractivity contribution in [3.05, 3.63) is 89.5 Å². The van der Waals surface area contributed by atoms with E-state index in [0.29, 0.717) is 46.5 Å². The van der Waals surface area contributed by atoms with E-state index in [-0.39, 0.29) is 18.4 Å². The first-order valence-electron chi connectivity index (χ1n) is 17.3. The van der Waals surface area contributed by atoms with Gasteiger partial charge in [0.25, 0.3) is 5.91 Å². The Morgan fingerprint density at radius 1 is 0.837 bits per heavy atom. The number of carbonyl (C=O) groups is 4. The Hall–Kier alpha value is -4.70. The summed E-state index contributed by atoms with van der Waals surface area (Å²) in [5.74, 6) is -1.19. The fraction of sp³-hybridized carbons (Fsp3) is 0.436. The first kappa shape index (κ1) is 37.1. The van der Waals surface area contributed by atoms with Gasteiger partial charge in [0.05, 0.1) is 12.2 Å². The van der Waals surface area contributed by atoms with Gasteiger partial charge in [-0.2, -0.15) is 0 Å². The van der Waals surface area contributed by atoms with E-state index >= 15 is 0 Å². The Morgan fingerprint density at radius 2 is 1.45 bits per heavy atom. The van der Waals surface area contributed by atoms with Crippen LogP contribution in [0, 0.1) is 5.92 Å². The molecule has 0 spiro atoms. The van der Waals surface area contributed by atoms with Crippen molar-refractivity contribution >= 4 is 29.4 Å². The van der Waals surface area contributed by atoms with Crippen LogP contribution in [-0.2, 0) is 16.1 Å². The first-order chi connectivity index (χ1) is 23.6. The van der Waals surface area contributed by atoms with Crippen molar-refractivity contribution in [1.29, 1.82) is 0 Å². The van der Waals surface area contributed by atoms with Gasteiger partial charge in [-0.15, -0.1) is 0 Å². The van der Waals surface area contributed by atoms with Crippen LogP contribution in [0.15, 0.2) is 72.8 Å². The number of hydrogen-bond acceptors (Lipinski definition) is 7. The van der Waals surface area contributed by atoms with E-state index in [9.17, 15) is 24.3 Å². The molecule has 10 heteroatoms. The van der Waals surface area contributed by atoms with E-state index in [1.54, 1.807) is 72.8 Å². The summed E-state index contributed by atoms with van der Waals surface area (Å²) in [4.78, 5) is 54.1. The lowest BCUT2D eigenvalue weighted by Crippen LogP contribution is -2.41. The molecule has 2 N–H and O–H groups in total. The van der Waals surface area contributed by atoms with E-state index in [4.69, 9.17) is 9.47 Å². The molecule has 0 saturated carbocycles.